The molecule has 0 aliphatic carbocycles. The molecule has 5 nitrogen and oxygen atoms in total. The Hall–Kier alpha value is -1.24. The molecule has 0 bridgehead atoms. The van der Waals surface area contributed by atoms with Crippen molar-refractivity contribution >= 4 is 11.8 Å². The van der Waals surface area contributed by atoms with E-state index in [2.05, 4.69) is 5.32 Å². The standard InChI is InChI=1S/C16H27F2N3O2/c1-12(2)19-14(22)11-20-7-3-4-13(10-20)15(23)21-8-5-16(17,18)6-9-21/h12-13H,3-11H2,1-2H3,(H,19,22). The van der Waals surface area contributed by atoms with Gasteiger partial charge in [0.1, 0.15) is 0 Å². The van der Waals surface area contributed by atoms with Crippen LogP contribution in [0.3, 0.4) is 0 Å². The first kappa shape index (κ1) is 18.1. The Morgan fingerprint density at radius 2 is 1.87 bits per heavy atom. The van der Waals surface area contributed by atoms with E-state index in [4.69, 9.17) is 0 Å². The number of nitrogens with one attached hydrogen (secondary N) is 1. The molecule has 2 fully saturated rings. The second kappa shape index (κ2) is 7.55. The van der Waals surface area contributed by atoms with Crippen molar-refractivity contribution in [1.82, 2.24) is 15.1 Å². The first-order valence-electron chi connectivity index (χ1n) is 8.45. The third kappa shape index (κ3) is 5.41. The fourth-order valence-corrected chi connectivity index (χ4v) is 3.28. The molecule has 0 spiro atoms. The molecule has 0 aromatic carbocycles. The van der Waals surface area contributed by atoms with Gasteiger partial charge in [-0.3, -0.25) is 14.5 Å². The van der Waals surface area contributed by atoms with Crippen LogP contribution in [0, 0.1) is 5.92 Å². The first-order valence-corrected chi connectivity index (χ1v) is 8.45. The van der Waals surface area contributed by atoms with Crippen molar-refractivity contribution in [2.45, 2.75) is 51.5 Å². The van der Waals surface area contributed by atoms with Crippen LogP contribution < -0.4 is 5.32 Å². The highest BCUT2D eigenvalue weighted by Crippen LogP contribution is 2.29. The molecule has 1 unspecified atom stereocenters. The van der Waals surface area contributed by atoms with Gasteiger partial charge in [-0.15, -0.1) is 0 Å². The van der Waals surface area contributed by atoms with E-state index in [0.29, 0.717) is 13.1 Å². The number of hydrogen-bond donors (Lipinski definition) is 1. The lowest BCUT2D eigenvalue weighted by molar-refractivity contribution is -0.144. The number of rotatable bonds is 4. The van der Waals surface area contributed by atoms with Gasteiger partial charge in [0, 0.05) is 38.5 Å². The fourth-order valence-electron chi connectivity index (χ4n) is 3.28. The molecule has 0 radical (unpaired) electrons. The smallest absolute Gasteiger partial charge is 0.251 e. The molecule has 2 aliphatic rings. The van der Waals surface area contributed by atoms with Crippen LogP contribution in [0.25, 0.3) is 0 Å². The number of hydrogen-bond acceptors (Lipinski definition) is 3. The number of likely N-dealkylation sites (tertiary alicyclic amines) is 2. The lowest BCUT2D eigenvalue weighted by Crippen LogP contribution is -2.50. The van der Waals surface area contributed by atoms with Crippen LogP contribution in [0.15, 0.2) is 0 Å². The quantitative estimate of drug-likeness (QED) is 0.849. The number of carbonyl (C=O) groups excluding carboxylic acids is 2. The summed E-state index contributed by atoms with van der Waals surface area (Å²) in [7, 11) is 0. The van der Waals surface area contributed by atoms with Gasteiger partial charge < -0.3 is 10.2 Å². The zero-order valence-corrected chi connectivity index (χ0v) is 14.0. The monoisotopic (exact) mass is 331 g/mol. The van der Waals surface area contributed by atoms with Crippen LogP contribution >= 0.6 is 0 Å². The molecular weight excluding hydrogens is 304 g/mol. The van der Waals surface area contributed by atoms with E-state index in [-0.39, 0.29) is 49.7 Å². The third-order valence-corrected chi connectivity index (χ3v) is 4.48. The largest absolute Gasteiger partial charge is 0.353 e. The topological polar surface area (TPSA) is 52.7 Å². The van der Waals surface area contributed by atoms with Crippen molar-refractivity contribution in [3.8, 4) is 0 Å². The van der Waals surface area contributed by atoms with Crippen LogP contribution in [0.4, 0.5) is 8.78 Å². The van der Waals surface area contributed by atoms with Crippen LogP contribution in [0.1, 0.15) is 39.5 Å². The zero-order valence-electron chi connectivity index (χ0n) is 14.0. The average Bonchev–Trinajstić information content (AvgIpc) is 2.46. The molecule has 7 heteroatoms. The molecular formula is C16H27F2N3O2. The number of alkyl halides is 2. The highest BCUT2D eigenvalue weighted by molar-refractivity contribution is 5.80. The maximum absolute atomic E-state index is 13.2. The van der Waals surface area contributed by atoms with Crippen molar-refractivity contribution in [1.29, 1.82) is 0 Å². The summed E-state index contributed by atoms with van der Waals surface area (Å²) in [6.45, 7) is 5.72. The summed E-state index contributed by atoms with van der Waals surface area (Å²) in [6, 6.07) is 0.0970. The average molecular weight is 331 g/mol. The molecule has 2 rings (SSSR count). The third-order valence-electron chi connectivity index (χ3n) is 4.48. The minimum absolute atomic E-state index is 0.0329. The lowest BCUT2D eigenvalue weighted by atomic mass is 9.95. The van der Waals surface area contributed by atoms with Gasteiger partial charge in [0.15, 0.2) is 0 Å². The highest BCUT2D eigenvalue weighted by atomic mass is 19.3. The minimum atomic E-state index is -2.63. The van der Waals surface area contributed by atoms with Gasteiger partial charge in [0.2, 0.25) is 11.8 Å². The highest BCUT2D eigenvalue weighted by Gasteiger charge is 2.38. The SMILES string of the molecule is CC(C)NC(=O)CN1CCCC(C(=O)N2CCC(F)(F)CC2)C1. The maximum Gasteiger partial charge on any atom is 0.251 e. The molecule has 2 heterocycles. The van der Waals surface area contributed by atoms with E-state index in [0.717, 1.165) is 19.4 Å². The Labute approximate surface area is 136 Å². The number of nitrogens with zero attached hydrogens (tertiary/aromatic N) is 2. The normalized spacial score (nSPS) is 25.4. The summed E-state index contributed by atoms with van der Waals surface area (Å²) in [5, 5.41) is 2.85. The minimum Gasteiger partial charge on any atom is -0.353 e. The Morgan fingerprint density at radius 1 is 1.22 bits per heavy atom. The van der Waals surface area contributed by atoms with Crippen molar-refractivity contribution in [3.63, 3.8) is 0 Å². The summed E-state index contributed by atoms with van der Waals surface area (Å²) in [4.78, 5) is 27.9. The zero-order chi connectivity index (χ0) is 17.0. The number of halogens is 2. The molecule has 2 saturated heterocycles. The van der Waals surface area contributed by atoms with Gasteiger partial charge in [-0.25, -0.2) is 8.78 Å². The maximum atomic E-state index is 13.2. The molecule has 132 valence electrons. The Bertz CT molecular complexity index is 433. The Morgan fingerprint density at radius 3 is 2.48 bits per heavy atom. The van der Waals surface area contributed by atoms with Gasteiger partial charge in [-0.05, 0) is 33.2 Å². The van der Waals surface area contributed by atoms with Gasteiger partial charge in [0.25, 0.3) is 5.92 Å². The van der Waals surface area contributed by atoms with Crippen molar-refractivity contribution < 1.29 is 18.4 Å². The summed E-state index contributed by atoms with van der Waals surface area (Å²) in [5.41, 5.74) is 0. The lowest BCUT2D eigenvalue weighted by Gasteiger charge is -2.37. The predicted octanol–water partition coefficient (Wildman–Crippen LogP) is 1.48. The fraction of sp³-hybridized carbons (Fsp3) is 0.875. The summed E-state index contributed by atoms with van der Waals surface area (Å²) >= 11 is 0. The molecule has 23 heavy (non-hydrogen) atoms. The van der Waals surface area contributed by atoms with E-state index >= 15 is 0 Å². The van der Waals surface area contributed by atoms with E-state index in [1.807, 2.05) is 18.7 Å². The van der Waals surface area contributed by atoms with Crippen LogP contribution in [-0.2, 0) is 9.59 Å². The summed E-state index contributed by atoms with van der Waals surface area (Å²) in [5.74, 6) is -2.88. The van der Waals surface area contributed by atoms with Gasteiger partial charge >= 0.3 is 0 Å². The van der Waals surface area contributed by atoms with E-state index < -0.39 is 5.92 Å². The van der Waals surface area contributed by atoms with Crippen LogP contribution in [-0.4, -0.2) is 66.3 Å². The first-order chi connectivity index (χ1) is 10.8. The molecule has 0 aromatic rings. The van der Waals surface area contributed by atoms with Gasteiger partial charge in [-0.2, -0.15) is 0 Å². The van der Waals surface area contributed by atoms with Crippen molar-refractivity contribution in [2.75, 3.05) is 32.7 Å². The summed E-state index contributed by atoms with van der Waals surface area (Å²) < 4.78 is 26.4. The second-order valence-corrected chi connectivity index (χ2v) is 6.98. The number of piperidine rings is 2. The predicted molar refractivity (Wildman–Crippen MR) is 83.2 cm³/mol. The number of carbonyl (C=O) groups is 2. The number of amides is 2. The molecule has 1 atom stereocenters. The van der Waals surface area contributed by atoms with Crippen LogP contribution in [0.5, 0.6) is 0 Å². The van der Waals surface area contributed by atoms with E-state index in [1.54, 1.807) is 4.90 Å². The van der Waals surface area contributed by atoms with E-state index in [9.17, 15) is 18.4 Å². The van der Waals surface area contributed by atoms with Gasteiger partial charge in [-0.1, -0.05) is 0 Å². The molecule has 0 saturated carbocycles. The molecule has 0 aromatic heterocycles. The molecule has 2 amide bonds. The second-order valence-electron chi connectivity index (χ2n) is 6.98. The van der Waals surface area contributed by atoms with E-state index in [1.165, 1.54) is 0 Å². The molecule has 1 N–H and O–H groups in total. The Kier molecular flexibility index (Phi) is 5.95. The van der Waals surface area contributed by atoms with Crippen LogP contribution in [0.2, 0.25) is 0 Å². The molecule has 2 aliphatic heterocycles. The van der Waals surface area contributed by atoms with Crippen molar-refractivity contribution in [2.24, 2.45) is 5.92 Å². The summed E-state index contributed by atoms with van der Waals surface area (Å²) in [6.07, 6.45) is 1.14. The Balaban J connectivity index is 1.83. The van der Waals surface area contributed by atoms with Crippen molar-refractivity contribution in [3.05, 3.63) is 0 Å². The van der Waals surface area contributed by atoms with Gasteiger partial charge in [0.05, 0.1) is 12.5 Å².